The molecule has 0 saturated carbocycles. The zero-order chi connectivity index (χ0) is 13.9. The SMILES string of the molecule is Clc1ccc(CCNC2Cc3ccccc3C2)c(Cl)c1. The van der Waals surface area contributed by atoms with Crippen LogP contribution in [0.1, 0.15) is 16.7 Å². The summed E-state index contributed by atoms with van der Waals surface area (Å²) in [7, 11) is 0. The fraction of sp³-hybridized carbons (Fsp3) is 0.294. The van der Waals surface area contributed by atoms with Gasteiger partial charge in [-0.25, -0.2) is 0 Å². The van der Waals surface area contributed by atoms with Gasteiger partial charge in [-0.05, 0) is 54.6 Å². The minimum atomic E-state index is 0.554. The lowest BCUT2D eigenvalue weighted by Gasteiger charge is -2.12. The second-order valence-electron chi connectivity index (χ2n) is 5.31. The molecular weight excluding hydrogens is 289 g/mol. The number of fused-ring (bicyclic) bond motifs is 1. The predicted octanol–water partition coefficient (Wildman–Crippen LogP) is 4.29. The maximum absolute atomic E-state index is 6.19. The summed E-state index contributed by atoms with van der Waals surface area (Å²) in [6.45, 7) is 0.944. The van der Waals surface area contributed by atoms with E-state index < -0.39 is 0 Å². The third kappa shape index (κ3) is 3.17. The molecule has 1 N–H and O–H groups in total. The molecule has 0 saturated heterocycles. The standard InChI is InChI=1S/C17H17Cl2N/c18-15-6-5-12(17(19)11-15)7-8-20-16-9-13-3-1-2-4-14(13)10-16/h1-6,11,16,20H,7-10H2. The van der Waals surface area contributed by atoms with Gasteiger partial charge in [0.05, 0.1) is 0 Å². The summed E-state index contributed by atoms with van der Waals surface area (Å²) in [6, 6.07) is 15.0. The summed E-state index contributed by atoms with van der Waals surface area (Å²) < 4.78 is 0. The van der Waals surface area contributed by atoms with Crippen LogP contribution < -0.4 is 5.32 Å². The van der Waals surface area contributed by atoms with Gasteiger partial charge in [-0.3, -0.25) is 0 Å². The number of benzene rings is 2. The minimum Gasteiger partial charge on any atom is -0.313 e. The number of hydrogen-bond donors (Lipinski definition) is 1. The van der Waals surface area contributed by atoms with Gasteiger partial charge in [0.1, 0.15) is 0 Å². The van der Waals surface area contributed by atoms with Crippen LogP contribution in [0.2, 0.25) is 10.0 Å². The first-order valence-electron chi connectivity index (χ1n) is 6.96. The van der Waals surface area contributed by atoms with Crippen LogP contribution >= 0.6 is 23.2 Å². The number of hydrogen-bond acceptors (Lipinski definition) is 1. The summed E-state index contributed by atoms with van der Waals surface area (Å²) in [5.41, 5.74) is 4.11. The molecule has 1 aliphatic carbocycles. The smallest absolute Gasteiger partial charge is 0.0453 e. The Morgan fingerprint density at radius 3 is 2.35 bits per heavy atom. The van der Waals surface area contributed by atoms with Gasteiger partial charge in [-0.1, -0.05) is 53.5 Å². The van der Waals surface area contributed by atoms with Gasteiger partial charge in [0.25, 0.3) is 0 Å². The van der Waals surface area contributed by atoms with E-state index in [0.29, 0.717) is 11.1 Å². The van der Waals surface area contributed by atoms with Crippen LogP contribution in [-0.2, 0) is 19.3 Å². The van der Waals surface area contributed by atoms with Crippen molar-refractivity contribution in [1.82, 2.24) is 5.32 Å². The van der Waals surface area contributed by atoms with Gasteiger partial charge in [0.15, 0.2) is 0 Å². The minimum absolute atomic E-state index is 0.554. The Kier molecular flexibility index (Phi) is 4.30. The molecule has 20 heavy (non-hydrogen) atoms. The van der Waals surface area contributed by atoms with Gasteiger partial charge < -0.3 is 5.32 Å². The molecule has 0 radical (unpaired) electrons. The van der Waals surface area contributed by atoms with E-state index in [1.54, 1.807) is 0 Å². The van der Waals surface area contributed by atoms with Crippen LogP contribution in [-0.4, -0.2) is 12.6 Å². The molecule has 0 atom stereocenters. The fourth-order valence-electron chi connectivity index (χ4n) is 2.84. The van der Waals surface area contributed by atoms with Crippen molar-refractivity contribution >= 4 is 23.2 Å². The molecule has 0 spiro atoms. The van der Waals surface area contributed by atoms with Crippen LogP contribution in [0.4, 0.5) is 0 Å². The molecule has 3 rings (SSSR count). The molecule has 3 heteroatoms. The molecule has 1 nitrogen and oxygen atoms in total. The molecule has 0 heterocycles. The fourth-order valence-corrected chi connectivity index (χ4v) is 3.34. The molecule has 0 aliphatic heterocycles. The molecule has 0 aromatic heterocycles. The monoisotopic (exact) mass is 305 g/mol. The van der Waals surface area contributed by atoms with E-state index in [1.165, 1.54) is 11.1 Å². The Balaban J connectivity index is 1.52. The summed E-state index contributed by atoms with van der Waals surface area (Å²) >= 11 is 12.1. The van der Waals surface area contributed by atoms with E-state index >= 15 is 0 Å². The molecule has 0 amide bonds. The van der Waals surface area contributed by atoms with E-state index in [0.717, 1.165) is 36.4 Å². The highest BCUT2D eigenvalue weighted by molar-refractivity contribution is 6.35. The van der Waals surface area contributed by atoms with Gasteiger partial charge in [-0.15, -0.1) is 0 Å². The zero-order valence-corrected chi connectivity index (χ0v) is 12.7. The normalized spacial score (nSPS) is 14.5. The van der Waals surface area contributed by atoms with E-state index in [4.69, 9.17) is 23.2 Å². The van der Waals surface area contributed by atoms with E-state index in [1.807, 2.05) is 18.2 Å². The average Bonchev–Trinajstić information content (AvgIpc) is 2.84. The second kappa shape index (κ2) is 6.17. The van der Waals surface area contributed by atoms with Gasteiger partial charge in [-0.2, -0.15) is 0 Å². The molecular formula is C17H17Cl2N. The Morgan fingerprint density at radius 2 is 1.70 bits per heavy atom. The molecule has 0 fully saturated rings. The third-order valence-corrected chi connectivity index (χ3v) is 4.48. The van der Waals surface area contributed by atoms with Crippen molar-refractivity contribution in [3.8, 4) is 0 Å². The Bertz CT molecular complexity index is 585. The highest BCUT2D eigenvalue weighted by Crippen LogP contribution is 2.23. The van der Waals surface area contributed by atoms with Crippen LogP contribution in [0, 0.1) is 0 Å². The van der Waals surface area contributed by atoms with Gasteiger partial charge in [0, 0.05) is 16.1 Å². The molecule has 2 aromatic rings. The van der Waals surface area contributed by atoms with Crippen LogP contribution in [0.5, 0.6) is 0 Å². The quantitative estimate of drug-likeness (QED) is 0.888. The van der Waals surface area contributed by atoms with Crippen LogP contribution in [0.25, 0.3) is 0 Å². The van der Waals surface area contributed by atoms with Gasteiger partial charge >= 0.3 is 0 Å². The molecule has 0 bridgehead atoms. The first-order chi connectivity index (χ1) is 9.72. The molecule has 2 aromatic carbocycles. The van der Waals surface area contributed by atoms with Crippen molar-refractivity contribution in [2.45, 2.75) is 25.3 Å². The Labute approximate surface area is 129 Å². The zero-order valence-electron chi connectivity index (χ0n) is 11.2. The highest BCUT2D eigenvalue weighted by Gasteiger charge is 2.19. The Hall–Kier alpha value is -1.02. The van der Waals surface area contributed by atoms with Crippen molar-refractivity contribution in [2.75, 3.05) is 6.54 Å². The maximum atomic E-state index is 6.19. The first-order valence-corrected chi connectivity index (χ1v) is 7.72. The molecule has 104 valence electrons. The van der Waals surface area contributed by atoms with Crippen molar-refractivity contribution in [3.05, 3.63) is 69.2 Å². The number of rotatable bonds is 4. The lowest BCUT2D eigenvalue weighted by molar-refractivity contribution is 0.536. The van der Waals surface area contributed by atoms with Crippen molar-refractivity contribution in [1.29, 1.82) is 0 Å². The lowest BCUT2D eigenvalue weighted by Crippen LogP contribution is -2.31. The average molecular weight is 306 g/mol. The summed E-state index contributed by atoms with van der Waals surface area (Å²) in [5, 5.41) is 5.08. The maximum Gasteiger partial charge on any atom is 0.0453 e. The van der Waals surface area contributed by atoms with Crippen molar-refractivity contribution in [2.24, 2.45) is 0 Å². The first kappa shape index (κ1) is 13.9. The molecule has 1 aliphatic rings. The molecule has 0 unspecified atom stereocenters. The summed E-state index contributed by atoms with van der Waals surface area (Å²) in [5.74, 6) is 0. The van der Waals surface area contributed by atoms with Crippen LogP contribution in [0.15, 0.2) is 42.5 Å². The summed E-state index contributed by atoms with van der Waals surface area (Å²) in [6.07, 6.45) is 3.19. The van der Waals surface area contributed by atoms with Crippen molar-refractivity contribution < 1.29 is 0 Å². The van der Waals surface area contributed by atoms with Crippen LogP contribution in [0.3, 0.4) is 0 Å². The number of halogens is 2. The van der Waals surface area contributed by atoms with E-state index in [9.17, 15) is 0 Å². The number of nitrogens with one attached hydrogen (secondary N) is 1. The van der Waals surface area contributed by atoms with E-state index in [2.05, 4.69) is 29.6 Å². The Morgan fingerprint density at radius 1 is 1.00 bits per heavy atom. The summed E-state index contributed by atoms with van der Waals surface area (Å²) in [4.78, 5) is 0. The highest BCUT2D eigenvalue weighted by atomic mass is 35.5. The largest absolute Gasteiger partial charge is 0.313 e. The van der Waals surface area contributed by atoms with Gasteiger partial charge in [0.2, 0.25) is 0 Å². The second-order valence-corrected chi connectivity index (χ2v) is 6.16. The topological polar surface area (TPSA) is 12.0 Å². The lowest BCUT2D eigenvalue weighted by atomic mass is 10.1. The predicted molar refractivity (Wildman–Crippen MR) is 85.8 cm³/mol. The van der Waals surface area contributed by atoms with E-state index in [-0.39, 0.29) is 0 Å². The third-order valence-electron chi connectivity index (χ3n) is 3.89. The van der Waals surface area contributed by atoms with Crippen molar-refractivity contribution in [3.63, 3.8) is 0 Å².